The first-order valence-electron chi connectivity index (χ1n) is 7.45. The van der Waals surface area contributed by atoms with E-state index in [2.05, 4.69) is 6.58 Å². The molecular formula is C16H30O2. The topological polar surface area (TPSA) is 37.3 Å². The number of Topliss-reactive ketones (excluding diaryl/α,β-unsaturated/α-hetero) is 1. The molecule has 0 bridgehead atoms. The second-order valence-electron chi connectivity index (χ2n) is 5.25. The normalized spacial score (nSPS) is 12.3. The summed E-state index contributed by atoms with van der Waals surface area (Å²) in [7, 11) is 0. The molecule has 0 saturated heterocycles. The standard InChI is InChI=1S/C16H30O2/c1-3-12-16(18)14-11-9-7-5-4-6-8-10-13-15(2)17/h3,16,18H,1,4-14H2,2H3. The zero-order valence-electron chi connectivity index (χ0n) is 12.0. The van der Waals surface area contributed by atoms with Gasteiger partial charge >= 0.3 is 0 Å². The molecule has 0 aromatic rings. The van der Waals surface area contributed by atoms with Crippen LogP contribution in [0.25, 0.3) is 0 Å². The Balaban J connectivity index is 3.07. The molecule has 0 radical (unpaired) electrons. The highest BCUT2D eigenvalue weighted by atomic mass is 16.3. The second-order valence-corrected chi connectivity index (χ2v) is 5.25. The van der Waals surface area contributed by atoms with E-state index in [0.29, 0.717) is 5.78 Å². The number of hydrogen-bond acceptors (Lipinski definition) is 2. The third-order valence-electron chi connectivity index (χ3n) is 3.25. The van der Waals surface area contributed by atoms with Crippen LogP contribution in [0, 0.1) is 0 Å². The van der Waals surface area contributed by atoms with E-state index in [1.807, 2.05) is 0 Å². The minimum atomic E-state index is -0.186. The van der Waals surface area contributed by atoms with Crippen LogP contribution in [-0.2, 0) is 4.79 Å². The van der Waals surface area contributed by atoms with Crippen molar-refractivity contribution < 1.29 is 9.90 Å². The summed E-state index contributed by atoms with van der Waals surface area (Å²) < 4.78 is 0. The van der Waals surface area contributed by atoms with Crippen LogP contribution in [0.1, 0.15) is 77.6 Å². The van der Waals surface area contributed by atoms with E-state index in [-0.39, 0.29) is 6.10 Å². The average molecular weight is 254 g/mol. The lowest BCUT2D eigenvalue weighted by Crippen LogP contribution is -2.03. The van der Waals surface area contributed by atoms with Gasteiger partial charge in [0.1, 0.15) is 5.78 Å². The Morgan fingerprint density at radius 1 is 1.06 bits per heavy atom. The summed E-state index contributed by atoms with van der Waals surface area (Å²) in [4.78, 5) is 10.7. The number of unbranched alkanes of at least 4 members (excludes halogenated alkanes) is 7. The first kappa shape index (κ1) is 17.4. The van der Waals surface area contributed by atoms with E-state index in [1.54, 1.807) is 13.0 Å². The molecule has 0 aromatic heterocycles. The molecule has 0 spiro atoms. The molecule has 2 heteroatoms. The quantitative estimate of drug-likeness (QED) is 0.390. The predicted molar refractivity (Wildman–Crippen MR) is 77.7 cm³/mol. The first-order valence-corrected chi connectivity index (χ1v) is 7.45. The molecule has 0 aliphatic heterocycles. The third-order valence-corrected chi connectivity index (χ3v) is 3.25. The smallest absolute Gasteiger partial charge is 0.129 e. The van der Waals surface area contributed by atoms with E-state index < -0.39 is 0 Å². The van der Waals surface area contributed by atoms with Crippen LogP contribution in [0.2, 0.25) is 0 Å². The van der Waals surface area contributed by atoms with Gasteiger partial charge in [0.25, 0.3) is 0 Å². The fraction of sp³-hybridized carbons (Fsp3) is 0.812. The number of aliphatic hydroxyl groups excluding tert-OH is 1. The van der Waals surface area contributed by atoms with Gasteiger partial charge in [0.2, 0.25) is 0 Å². The predicted octanol–water partition coefficient (Wildman–Crippen LogP) is 4.41. The largest absolute Gasteiger partial charge is 0.393 e. The maximum Gasteiger partial charge on any atom is 0.129 e. The molecule has 1 N–H and O–H groups in total. The Kier molecular flexibility index (Phi) is 12.4. The summed E-state index contributed by atoms with van der Waals surface area (Å²) in [5.41, 5.74) is 0. The Morgan fingerprint density at radius 3 is 2.06 bits per heavy atom. The van der Waals surface area contributed by atoms with Gasteiger partial charge in [-0.25, -0.2) is 0 Å². The van der Waals surface area contributed by atoms with Gasteiger partial charge in [-0.15, -0.1) is 6.58 Å². The lowest BCUT2D eigenvalue weighted by molar-refractivity contribution is -0.117. The van der Waals surface area contributed by atoms with Crippen molar-refractivity contribution in [2.45, 2.75) is 83.7 Å². The zero-order chi connectivity index (χ0) is 13.6. The highest BCUT2D eigenvalue weighted by molar-refractivity contribution is 5.75. The van der Waals surface area contributed by atoms with Crippen LogP contribution in [0.15, 0.2) is 12.7 Å². The monoisotopic (exact) mass is 254 g/mol. The average Bonchev–Trinajstić information content (AvgIpc) is 2.31. The van der Waals surface area contributed by atoms with Crippen molar-refractivity contribution in [3.63, 3.8) is 0 Å². The maximum absolute atomic E-state index is 10.7. The molecule has 0 amide bonds. The van der Waals surface area contributed by atoms with Crippen molar-refractivity contribution in [2.75, 3.05) is 0 Å². The van der Waals surface area contributed by atoms with E-state index in [1.165, 1.54) is 38.5 Å². The summed E-state index contributed by atoms with van der Waals surface area (Å²) in [5, 5.41) is 9.50. The number of carbonyl (C=O) groups excluding carboxylic acids is 1. The number of rotatable bonds is 13. The van der Waals surface area contributed by atoms with Gasteiger partial charge in [-0.1, -0.05) is 51.0 Å². The van der Waals surface area contributed by atoms with E-state index in [4.69, 9.17) is 0 Å². The van der Waals surface area contributed by atoms with Crippen molar-refractivity contribution >= 4 is 5.78 Å². The second kappa shape index (κ2) is 12.8. The van der Waals surface area contributed by atoms with Crippen LogP contribution < -0.4 is 0 Å². The molecule has 1 atom stereocenters. The highest BCUT2D eigenvalue weighted by Crippen LogP contribution is 2.12. The van der Waals surface area contributed by atoms with Crippen molar-refractivity contribution in [2.24, 2.45) is 0 Å². The molecule has 0 fully saturated rings. The lowest BCUT2D eigenvalue weighted by Gasteiger charge is -2.07. The summed E-state index contributed by atoms with van der Waals surface area (Å²) in [6.07, 6.45) is 13.7. The van der Waals surface area contributed by atoms with Gasteiger partial charge in [0.15, 0.2) is 0 Å². The minimum Gasteiger partial charge on any atom is -0.393 e. The summed E-state index contributed by atoms with van der Waals surface area (Å²) in [6, 6.07) is 0. The summed E-state index contributed by atoms with van der Waals surface area (Å²) in [6.45, 7) is 5.29. The molecule has 0 aliphatic rings. The van der Waals surface area contributed by atoms with Crippen LogP contribution in [-0.4, -0.2) is 17.0 Å². The molecule has 0 rings (SSSR count). The van der Waals surface area contributed by atoms with Gasteiger partial charge in [-0.05, 0) is 26.2 Å². The highest BCUT2D eigenvalue weighted by Gasteiger charge is 2.00. The molecule has 0 heterocycles. The fourth-order valence-electron chi connectivity index (χ4n) is 2.12. The Hall–Kier alpha value is -0.630. The van der Waals surface area contributed by atoms with Gasteiger partial charge < -0.3 is 9.90 Å². The number of hydrogen-bond donors (Lipinski definition) is 1. The molecule has 0 saturated carbocycles. The molecule has 106 valence electrons. The summed E-state index contributed by atoms with van der Waals surface area (Å²) >= 11 is 0. The number of aliphatic hydroxyl groups is 1. The van der Waals surface area contributed by atoms with Gasteiger partial charge in [-0.2, -0.15) is 0 Å². The molecule has 0 aliphatic carbocycles. The van der Waals surface area contributed by atoms with Gasteiger partial charge in [0, 0.05) is 6.42 Å². The molecule has 0 aromatic carbocycles. The fourth-order valence-corrected chi connectivity index (χ4v) is 2.12. The first-order chi connectivity index (χ1) is 8.66. The third kappa shape index (κ3) is 13.4. The molecule has 18 heavy (non-hydrogen) atoms. The van der Waals surface area contributed by atoms with Crippen LogP contribution in [0.4, 0.5) is 0 Å². The molecule has 1 unspecified atom stereocenters. The maximum atomic E-state index is 10.7. The van der Waals surface area contributed by atoms with Crippen LogP contribution in [0.5, 0.6) is 0 Å². The van der Waals surface area contributed by atoms with Crippen molar-refractivity contribution in [3.8, 4) is 0 Å². The Labute approximate surface area is 112 Å². The van der Waals surface area contributed by atoms with Gasteiger partial charge in [0.05, 0.1) is 6.10 Å². The number of ketones is 1. The van der Waals surface area contributed by atoms with Crippen LogP contribution >= 0.6 is 0 Å². The SMILES string of the molecule is C=CCC(O)CCCCCCCCCCC(C)=O. The molecular weight excluding hydrogens is 224 g/mol. The number of carbonyl (C=O) groups is 1. The van der Waals surface area contributed by atoms with E-state index >= 15 is 0 Å². The summed E-state index contributed by atoms with van der Waals surface area (Å²) in [5.74, 6) is 0.313. The lowest BCUT2D eigenvalue weighted by atomic mass is 10.0. The van der Waals surface area contributed by atoms with Crippen molar-refractivity contribution in [1.29, 1.82) is 0 Å². The van der Waals surface area contributed by atoms with Crippen LogP contribution in [0.3, 0.4) is 0 Å². The van der Waals surface area contributed by atoms with Crippen molar-refractivity contribution in [1.82, 2.24) is 0 Å². The van der Waals surface area contributed by atoms with Crippen molar-refractivity contribution in [3.05, 3.63) is 12.7 Å². The zero-order valence-corrected chi connectivity index (χ0v) is 12.0. The Morgan fingerprint density at radius 2 is 1.56 bits per heavy atom. The molecule has 2 nitrogen and oxygen atoms in total. The minimum absolute atomic E-state index is 0.186. The Bertz CT molecular complexity index is 211. The van der Waals surface area contributed by atoms with E-state index in [9.17, 15) is 9.90 Å². The van der Waals surface area contributed by atoms with Gasteiger partial charge in [-0.3, -0.25) is 0 Å². The van der Waals surface area contributed by atoms with E-state index in [0.717, 1.165) is 32.1 Å².